The van der Waals surface area contributed by atoms with Crippen LogP contribution >= 0.6 is 11.6 Å². The maximum atomic E-state index is 10.6. The molecule has 2 aromatic rings. The topological polar surface area (TPSA) is 79.1 Å². The zero-order chi connectivity index (χ0) is 11.7. The number of carbonyl (C=O) groups is 1. The van der Waals surface area contributed by atoms with Gasteiger partial charge in [-0.25, -0.2) is 0 Å². The van der Waals surface area contributed by atoms with Crippen LogP contribution in [0.4, 0.5) is 0 Å². The molecule has 84 valence electrons. The molecule has 0 aliphatic carbocycles. The average Bonchev–Trinajstić information content (AvgIpc) is 2.60. The second-order valence-electron chi connectivity index (χ2n) is 3.67. The molecule has 5 heteroatoms. The normalized spacial score (nSPS) is 12.9. The minimum atomic E-state index is -1.000. The fourth-order valence-corrected chi connectivity index (χ4v) is 1.81. The number of rotatable bonds is 3. The Morgan fingerprint density at radius 2 is 2.31 bits per heavy atom. The van der Waals surface area contributed by atoms with Crippen LogP contribution in [-0.4, -0.2) is 22.1 Å². The number of H-pyrrole nitrogens is 1. The fourth-order valence-electron chi connectivity index (χ4n) is 1.60. The largest absolute Gasteiger partial charge is 0.480 e. The van der Waals surface area contributed by atoms with Crippen LogP contribution in [0, 0.1) is 0 Å². The van der Waals surface area contributed by atoms with Gasteiger partial charge in [0.1, 0.15) is 6.04 Å². The summed E-state index contributed by atoms with van der Waals surface area (Å²) < 4.78 is 0. The number of benzene rings is 1. The van der Waals surface area contributed by atoms with Crippen LogP contribution in [-0.2, 0) is 11.2 Å². The number of carboxylic acids is 1. The van der Waals surface area contributed by atoms with Gasteiger partial charge in [0.25, 0.3) is 0 Å². The minimum Gasteiger partial charge on any atom is -0.480 e. The Labute approximate surface area is 97.0 Å². The van der Waals surface area contributed by atoms with Gasteiger partial charge in [0.15, 0.2) is 0 Å². The van der Waals surface area contributed by atoms with Crippen molar-refractivity contribution in [3.8, 4) is 0 Å². The lowest BCUT2D eigenvalue weighted by atomic mass is 10.1. The summed E-state index contributed by atoms with van der Waals surface area (Å²) >= 11 is 5.96. The van der Waals surface area contributed by atoms with Crippen LogP contribution in [0.15, 0.2) is 24.4 Å². The van der Waals surface area contributed by atoms with Crippen LogP contribution < -0.4 is 5.73 Å². The van der Waals surface area contributed by atoms with Gasteiger partial charge in [-0.2, -0.15) is 0 Å². The molecule has 0 saturated heterocycles. The summed E-state index contributed by atoms with van der Waals surface area (Å²) in [5.74, 6) is -1.000. The first-order chi connectivity index (χ1) is 7.58. The van der Waals surface area contributed by atoms with E-state index in [-0.39, 0.29) is 0 Å². The zero-order valence-electron chi connectivity index (χ0n) is 8.40. The lowest BCUT2D eigenvalue weighted by molar-refractivity contribution is -0.138. The molecule has 16 heavy (non-hydrogen) atoms. The highest BCUT2D eigenvalue weighted by molar-refractivity contribution is 6.35. The zero-order valence-corrected chi connectivity index (χ0v) is 9.16. The van der Waals surface area contributed by atoms with E-state index < -0.39 is 12.0 Å². The van der Waals surface area contributed by atoms with Gasteiger partial charge in [-0.05, 0) is 24.1 Å². The number of aromatic nitrogens is 1. The van der Waals surface area contributed by atoms with E-state index >= 15 is 0 Å². The van der Waals surface area contributed by atoms with Crippen LogP contribution in [0.25, 0.3) is 10.9 Å². The summed E-state index contributed by atoms with van der Waals surface area (Å²) in [5.41, 5.74) is 7.26. The summed E-state index contributed by atoms with van der Waals surface area (Å²) in [5, 5.41) is 10.2. The van der Waals surface area contributed by atoms with Gasteiger partial charge < -0.3 is 15.8 Å². The minimum absolute atomic E-state index is 0.298. The SMILES string of the molecule is N[C@@H](Cc1ccc2[nH]cc(Cl)c2c1)C(=O)O. The molecule has 2 rings (SSSR count). The van der Waals surface area contributed by atoms with Crippen molar-refractivity contribution in [2.75, 3.05) is 0 Å². The van der Waals surface area contributed by atoms with Crippen molar-refractivity contribution < 1.29 is 9.90 Å². The van der Waals surface area contributed by atoms with E-state index in [9.17, 15) is 4.79 Å². The lowest BCUT2D eigenvalue weighted by Gasteiger charge is -2.06. The van der Waals surface area contributed by atoms with Crippen molar-refractivity contribution in [1.29, 1.82) is 0 Å². The summed E-state index contributed by atoms with van der Waals surface area (Å²) in [6, 6.07) is 4.69. The molecule has 0 bridgehead atoms. The molecule has 0 aliphatic heterocycles. The van der Waals surface area contributed by atoms with Crippen LogP contribution in [0.5, 0.6) is 0 Å². The first kappa shape index (κ1) is 11.0. The Hall–Kier alpha value is -1.52. The standard InChI is InChI=1S/C11H11ClN2O2/c12-8-5-14-10-2-1-6(3-7(8)10)4-9(13)11(15)16/h1-3,5,9,14H,4,13H2,(H,15,16)/t9-/m0/s1. The summed E-state index contributed by atoms with van der Waals surface area (Å²) in [7, 11) is 0. The van der Waals surface area contributed by atoms with Gasteiger partial charge in [0.05, 0.1) is 5.02 Å². The maximum absolute atomic E-state index is 10.6. The predicted octanol–water partition coefficient (Wildman–Crippen LogP) is 1.78. The number of fused-ring (bicyclic) bond motifs is 1. The summed E-state index contributed by atoms with van der Waals surface area (Å²) in [4.78, 5) is 13.6. The van der Waals surface area contributed by atoms with Crippen molar-refractivity contribution >= 4 is 28.5 Å². The van der Waals surface area contributed by atoms with Gasteiger partial charge in [0, 0.05) is 17.1 Å². The second kappa shape index (κ2) is 4.15. The highest BCUT2D eigenvalue weighted by Crippen LogP contribution is 2.24. The van der Waals surface area contributed by atoms with E-state index in [1.807, 2.05) is 18.2 Å². The Morgan fingerprint density at radius 3 is 3.00 bits per heavy atom. The molecule has 1 heterocycles. The summed E-state index contributed by atoms with van der Waals surface area (Å²) in [6.45, 7) is 0. The monoisotopic (exact) mass is 238 g/mol. The molecule has 1 aromatic carbocycles. The molecule has 1 atom stereocenters. The third-order valence-electron chi connectivity index (χ3n) is 2.47. The smallest absolute Gasteiger partial charge is 0.320 e. The fraction of sp³-hybridized carbons (Fsp3) is 0.182. The number of aromatic amines is 1. The molecule has 0 aliphatic rings. The van der Waals surface area contributed by atoms with Crippen molar-refractivity contribution in [3.05, 3.63) is 35.0 Å². The Balaban J connectivity index is 2.32. The maximum Gasteiger partial charge on any atom is 0.320 e. The van der Waals surface area contributed by atoms with Crippen LogP contribution in [0.3, 0.4) is 0 Å². The van der Waals surface area contributed by atoms with Crippen molar-refractivity contribution in [3.63, 3.8) is 0 Å². The molecule has 0 saturated carbocycles. The Kier molecular flexibility index (Phi) is 2.85. The average molecular weight is 239 g/mol. The molecular weight excluding hydrogens is 228 g/mol. The highest BCUT2D eigenvalue weighted by Gasteiger charge is 2.12. The van der Waals surface area contributed by atoms with Gasteiger partial charge in [-0.1, -0.05) is 17.7 Å². The quantitative estimate of drug-likeness (QED) is 0.763. The number of nitrogens with two attached hydrogens (primary N) is 1. The van der Waals surface area contributed by atoms with E-state index in [0.717, 1.165) is 16.5 Å². The Bertz CT molecular complexity index is 536. The lowest BCUT2D eigenvalue weighted by Crippen LogP contribution is -2.32. The first-order valence-electron chi connectivity index (χ1n) is 4.82. The summed E-state index contributed by atoms with van der Waals surface area (Å²) in [6.07, 6.45) is 2.00. The molecule has 0 unspecified atom stereocenters. The van der Waals surface area contributed by atoms with Crippen LogP contribution in [0.1, 0.15) is 5.56 Å². The molecule has 1 aromatic heterocycles. The first-order valence-corrected chi connectivity index (χ1v) is 5.19. The number of hydrogen-bond donors (Lipinski definition) is 3. The molecule has 0 amide bonds. The van der Waals surface area contributed by atoms with E-state index in [2.05, 4.69) is 4.98 Å². The van der Waals surface area contributed by atoms with E-state index in [4.69, 9.17) is 22.4 Å². The number of hydrogen-bond acceptors (Lipinski definition) is 2. The molecule has 0 radical (unpaired) electrons. The van der Waals surface area contributed by atoms with Crippen LogP contribution in [0.2, 0.25) is 5.02 Å². The van der Waals surface area contributed by atoms with Crippen molar-refractivity contribution in [1.82, 2.24) is 4.98 Å². The number of nitrogens with one attached hydrogen (secondary N) is 1. The van der Waals surface area contributed by atoms with Gasteiger partial charge >= 0.3 is 5.97 Å². The highest BCUT2D eigenvalue weighted by atomic mass is 35.5. The van der Waals surface area contributed by atoms with E-state index in [0.29, 0.717) is 11.4 Å². The predicted molar refractivity (Wildman–Crippen MR) is 62.6 cm³/mol. The van der Waals surface area contributed by atoms with Crippen molar-refractivity contribution in [2.45, 2.75) is 12.5 Å². The van der Waals surface area contributed by atoms with E-state index in [1.54, 1.807) is 6.20 Å². The number of halogens is 1. The van der Waals surface area contributed by atoms with Gasteiger partial charge in [-0.3, -0.25) is 4.79 Å². The van der Waals surface area contributed by atoms with Gasteiger partial charge in [0.2, 0.25) is 0 Å². The molecule has 4 N–H and O–H groups in total. The second-order valence-corrected chi connectivity index (χ2v) is 4.07. The third-order valence-corrected chi connectivity index (χ3v) is 2.78. The molecular formula is C11H11ClN2O2. The molecule has 4 nitrogen and oxygen atoms in total. The number of carboxylic acid groups (broad SMARTS) is 1. The number of aliphatic carboxylic acids is 1. The Morgan fingerprint density at radius 1 is 1.56 bits per heavy atom. The molecule has 0 fully saturated rings. The molecule has 0 spiro atoms. The third kappa shape index (κ3) is 2.03. The van der Waals surface area contributed by atoms with Gasteiger partial charge in [-0.15, -0.1) is 0 Å². The van der Waals surface area contributed by atoms with Crippen molar-refractivity contribution in [2.24, 2.45) is 5.73 Å². The van der Waals surface area contributed by atoms with E-state index in [1.165, 1.54) is 0 Å².